The molecule has 2 rings (SSSR count). The molecule has 18 heavy (non-hydrogen) atoms. The SMILES string of the molecule is CCSCC(=O)N1CC(Oc2cccc(Cl)c2)C1. The standard InChI is InChI=1S/C13H16ClNO2S/c1-2-18-9-13(16)15-7-12(8-15)17-11-5-3-4-10(14)6-11/h3-6,12H,2,7-9H2,1H3. The van der Waals surface area contributed by atoms with Gasteiger partial charge in [-0.15, -0.1) is 0 Å². The van der Waals surface area contributed by atoms with Crippen molar-refractivity contribution in [3.05, 3.63) is 29.3 Å². The van der Waals surface area contributed by atoms with E-state index in [9.17, 15) is 4.79 Å². The Labute approximate surface area is 116 Å². The van der Waals surface area contributed by atoms with Crippen LogP contribution >= 0.6 is 23.4 Å². The number of carbonyl (C=O) groups is 1. The van der Waals surface area contributed by atoms with Crippen LogP contribution in [0, 0.1) is 0 Å². The maximum Gasteiger partial charge on any atom is 0.232 e. The number of hydrogen-bond acceptors (Lipinski definition) is 3. The van der Waals surface area contributed by atoms with Gasteiger partial charge in [0.25, 0.3) is 0 Å². The molecule has 1 aliphatic heterocycles. The van der Waals surface area contributed by atoms with Crippen LogP contribution in [0.1, 0.15) is 6.92 Å². The normalized spacial score (nSPS) is 15.3. The number of rotatable bonds is 5. The van der Waals surface area contributed by atoms with Gasteiger partial charge in [-0.25, -0.2) is 0 Å². The minimum absolute atomic E-state index is 0.0963. The van der Waals surface area contributed by atoms with Gasteiger partial charge in [0.2, 0.25) is 5.91 Å². The van der Waals surface area contributed by atoms with E-state index in [0.29, 0.717) is 23.9 Å². The van der Waals surface area contributed by atoms with Crippen molar-refractivity contribution in [2.75, 3.05) is 24.6 Å². The average molecular weight is 286 g/mol. The number of amides is 1. The summed E-state index contributed by atoms with van der Waals surface area (Å²) < 4.78 is 5.73. The molecule has 0 spiro atoms. The third-order valence-electron chi connectivity index (χ3n) is 2.73. The van der Waals surface area contributed by atoms with E-state index in [0.717, 1.165) is 11.5 Å². The second kappa shape index (κ2) is 6.34. The fraction of sp³-hybridized carbons (Fsp3) is 0.462. The Balaban J connectivity index is 1.74. The van der Waals surface area contributed by atoms with Crippen molar-refractivity contribution in [3.8, 4) is 5.75 Å². The molecule has 1 fully saturated rings. The van der Waals surface area contributed by atoms with E-state index in [1.807, 2.05) is 23.1 Å². The van der Waals surface area contributed by atoms with Crippen LogP contribution in [0.15, 0.2) is 24.3 Å². The Morgan fingerprint density at radius 2 is 2.33 bits per heavy atom. The van der Waals surface area contributed by atoms with Gasteiger partial charge in [0.05, 0.1) is 18.8 Å². The van der Waals surface area contributed by atoms with Gasteiger partial charge in [-0.3, -0.25) is 4.79 Å². The highest BCUT2D eigenvalue weighted by atomic mass is 35.5. The van der Waals surface area contributed by atoms with Crippen LogP contribution in [0.4, 0.5) is 0 Å². The first-order chi connectivity index (χ1) is 8.69. The highest BCUT2D eigenvalue weighted by Crippen LogP contribution is 2.21. The predicted octanol–water partition coefficient (Wildman–Crippen LogP) is 2.68. The van der Waals surface area contributed by atoms with E-state index in [-0.39, 0.29) is 12.0 Å². The summed E-state index contributed by atoms with van der Waals surface area (Å²) in [6.45, 7) is 3.41. The molecule has 0 unspecified atom stereocenters. The van der Waals surface area contributed by atoms with Crippen molar-refractivity contribution >= 4 is 29.3 Å². The molecule has 0 bridgehead atoms. The van der Waals surface area contributed by atoms with Crippen LogP contribution in [-0.4, -0.2) is 41.5 Å². The van der Waals surface area contributed by atoms with Crippen LogP contribution in [-0.2, 0) is 4.79 Å². The van der Waals surface area contributed by atoms with Crippen LogP contribution in [0.5, 0.6) is 5.75 Å². The average Bonchev–Trinajstić information content (AvgIpc) is 2.30. The second-order valence-corrected chi connectivity index (χ2v) is 5.84. The predicted molar refractivity (Wildman–Crippen MR) is 75.4 cm³/mol. The van der Waals surface area contributed by atoms with Crippen molar-refractivity contribution in [1.29, 1.82) is 0 Å². The smallest absolute Gasteiger partial charge is 0.232 e. The van der Waals surface area contributed by atoms with Crippen molar-refractivity contribution in [2.45, 2.75) is 13.0 Å². The summed E-state index contributed by atoms with van der Waals surface area (Å²) >= 11 is 7.53. The first-order valence-electron chi connectivity index (χ1n) is 5.96. The molecule has 0 aliphatic carbocycles. The fourth-order valence-electron chi connectivity index (χ4n) is 1.73. The largest absolute Gasteiger partial charge is 0.487 e. The Kier molecular flexibility index (Phi) is 4.78. The van der Waals surface area contributed by atoms with Crippen molar-refractivity contribution in [3.63, 3.8) is 0 Å². The molecule has 1 aliphatic rings. The summed E-state index contributed by atoms with van der Waals surface area (Å²) in [5, 5.41) is 0.666. The highest BCUT2D eigenvalue weighted by Gasteiger charge is 2.31. The number of benzene rings is 1. The molecule has 0 saturated carbocycles. The number of hydrogen-bond donors (Lipinski definition) is 0. The molecule has 1 aromatic carbocycles. The number of halogens is 1. The summed E-state index contributed by atoms with van der Waals surface area (Å²) in [6.07, 6.45) is 0.0963. The first-order valence-corrected chi connectivity index (χ1v) is 7.50. The van der Waals surface area contributed by atoms with Gasteiger partial charge < -0.3 is 9.64 Å². The lowest BCUT2D eigenvalue weighted by atomic mass is 10.1. The minimum Gasteiger partial charge on any atom is -0.487 e. The van der Waals surface area contributed by atoms with Crippen molar-refractivity contribution < 1.29 is 9.53 Å². The van der Waals surface area contributed by atoms with E-state index in [1.54, 1.807) is 17.8 Å². The van der Waals surface area contributed by atoms with Gasteiger partial charge in [-0.2, -0.15) is 11.8 Å². The molecule has 0 radical (unpaired) electrons. The maximum atomic E-state index is 11.7. The van der Waals surface area contributed by atoms with Crippen LogP contribution in [0.2, 0.25) is 5.02 Å². The lowest BCUT2D eigenvalue weighted by Gasteiger charge is -2.39. The van der Waals surface area contributed by atoms with Crippen molar-refractivity contribution in [1.82, 2.24) is 4.90 Å². The molecule has 1 aromatic rings. The van der Waals surface area contributed by atoms with Crippen LogP contribution in [0.3, 0.4) is 0 Å². The quantitative estimate of drug-likeness (QED) is 0.833. The molecule has 1 heterocycles. The Morgan fingerprint density at radius 3 is 3.00 bits per heavy atom. The van der Waals surface area contributed by atoms with Crippen LogP contribution in [0.25, 0.3) is 0 Å². The third-order valence-corrected chi connectivity index (χ3v) is 3.82. The fourth-order valence-corrected chi connectivity index (χ4v) is 2.47. The molecule has 1 amide bonds. The van der Waals surface area contributed by atoms with Gasteiger partial charge in [0.15, 0.2) is 0 Å². The summed E-state index contributed by atoms with van der Waals surface area (Å²) in [4.78, 5) is 13.5. The molecule has 3 nitrogen and oxygen atoms in total. The Morgan fingerprint density at radius 1 is 1.56 bits per heavy atom. The molecule has 98 valence electrons. The van der Waals surface area contributed by atoms with Gasteiger partial charge in [0.1, 0.15) is 11.9 Å². The summed E-state index contributed by atoms with van der Waals surface area (Å²) in [6, 6.07) is 7.34. The monoisotopic (exact) mass is 285 g/mol. The lowest BCUT2D eigenvalue weighted by molar-refractivity contribution is -0.136. The molecular weight excluding hydrogens is 270 g/mol. The van der Waals surface area contributed by atoms with E-state index >= 15 is 0 Å². The number of ether oxygens (including phenoxy) is 1. The maximum absolute atomic E-state index is 11.7. The minimum atomic E-state index is 0.0963. The van der Waals surface area contributed by atoms with Gasteiger partial charge in [-0.05, 0) is 24.0 Å². The lowest BCUT2D eigenvalue weighted by Crippen LogP contribution is -2.56. The topological polar surface area (TPSA) is 29.5 Å². The van der Waals surface area contributed by atoms with Crippen molar-refractivity contribution in [2.24, 2.45) is 0 Å². The van der Waals surface area contributed by atoms with Gasteiger partial charge in [0, 0.05) is 5.02 Å². The highest BCUT2D eigenvalue weighted by molar-refractivity contribution is 7.99. The van der Waals surface area contributed by atoms with E-state index < -0.39 is 0 Å². The Bertz CT molecular complexity index is 421. The number of likely N-dealkylation sites (tertiary alicyclic amines) is 1. The van der Waals surface area contributed by atoms with E-state index in [2.05, 4.69) is 6.92 Å². The zero-order valence-corrected chi connectivity index (χ0v) is 11.8. The van der Waals surface area contributed by atoms with Crippen LogP contribution < -0.4 is 4.74 Å². The van der Waals surface area contributed by atoms with E-state index in [1.165, 1.54) is 0 Å². The number of thioether (sulfide) groups is 1. The molecular formula is C13H16ClNO2S. The first kappa shape index (κ1) is 13.6. The molecule has 1 saturated heterocycles. The van der Waals surface area contributed by atoms with Gasteiger partial charge in [-0.1, -0.05) is 24.6 Å². The summed E-state index contributed by atoms with van der Waals surface area (Å²) in [5.41, 5.74) is 0. The molecule has 0 aromatic heterocycles. The summed E-state index contributed by atoms with van der Waals surface area (Å²) in [7, 11) is 0. The zero-order valence-electron chi connectivity index (χ0n) is 10.3. The second-order valence-electron chi connectivity index (χ2n) is 4.13. The number of carbonyl (C=O) groups excluding carboxylic acids is 1. The zero-order chi connectivity index (χ0) is 13.0. The van der Waals surface area contributed by atoms with E-state index in [4.69, 9.17) is 16.3 Å². The molecule has 0 N–H and O–H groups in total. The Hall–Kier alpha value is -0.870. The van der Waals surface area contributed by atoms with Gasteiger partial charge >= 0.3 is 0 Å². The number of nitrogens with zero attached hydrogens (tertiary/aromatic N) is 1. The molecule has 5 heteroatoms. The third kappa shape index (κ3) is 3.56. The molecule has 0 atom stereocenters. The summed E-state index contributed by atoms with van der Waals surface area (Å²) in [5.74, 6) is 2.51.